The fraction of sp³-hybridized carbons (Fsp3) is 1.00. The lowest BCUT2D eigenvalue weighted by Gasteiger charge is -2.27. The van der Waals surface area contributed by atoms with E-state index in [1.807, 2.05) is 0 Å². The predicted molar refractivity (Wildman–Crippen MR) is 271 cm³/mol. The van der Waals surface area contributed by atoms with Gasteiger partial charge in [0.15, 0.2) is 12.6 Å². The molecule has 0 bridgehead atoms. The van der Waals surface area contributed by atoms with Crippen molar-refractivity contribution in [2.24, 2.45) is 47.3 Å². The van der Waals surface area contributed by atoms with Crippen LogP contribution in [0.25, 0.3) is 0 Å². The standard InChI is InChI=1S/C54H108Br2O3/c1-13-15-17-19-21-23-25-33-57-53(31-27-29-43(3)35-45(5)37-47(7)39-49(9)41-51(11)55)59-54(58-34-26-24-22-20-18-16-14-2)32-28-30-44(4)36-46(6)38-48(8)40-50(10)42-52(12)56/h43-54H,13-42H2,1-12H3. The van der Waals surface area contributed by atoms with Crippen molar-refractivity contribution in [1.82, 2.24) is 0 Å². The first kappa shape index (κ1) is 59.8. The number of unbranched alkanes of at least 4 members (excludes halogenated alkanes) is 12. The predicted octanol–water partition coefficient (Wildman–Crippen LogP) is 19.3. The maximum absolute atomic E-state index is 6.88. The van der Waals surface area contributed by atoms with Gasteiger partial charge in [0.1, 0.15) is 0 Å². The van der Waals surface area contributed by atoms with Crippen molar-refractivity contribution in [3.63, 3.8) is 0 Å². The van der Waals surface area contributed by atoms with Gasteiger partial charge in [-0.1, -0.05) is 205 Å². The molecule has 59 heavy (non-hydrogen) atoms. The highest BCUT2D eigenvalue weighted by molar-refractivity contribution is 9.09. The normalized spacial score (nSPS) is 18.4. The Morgan fingerprint density at radius 1 is 0.305 bits per heavy atom. The number of halogens is 2. The lowest BCUT2D eigenvalue weighted by atomic mass is 9.83. The monoisotopic (exact) mass is 963 g/mol. The molecule has 12 atom stereocenters. The maximum Gasteiger partial charge on any atom is 0.160 e. The molecule has 0 N–H and O–H groups in total. The van der Waals surface area contributed by atoms with Crippen LogP contribution in [0.2, 0.25) is 0 Å². The van der Waals surface area contributed by atoms with Gasteiger partial charge in [-0.2, -0.15) is 0 Å². The smallest absolute Gasteiger partial charge is 0.160 e. The first-order chi connectivity index (χ1) is 28.1. The summed E-state index contributed by atoms with van der Waals surface area (Å²) in [7, 11) is 0. The Balaban J connectivity index is 5.33. The molecule has 5 heteroatoms. The summed E-state index contributed by atoms with van der Waals surface area (Å²) in [5.74, 6) is 6.23. The van der Waals surface area contributed by atoms with Gasteiger partial charge < -0.3 is 14.2 Å². The van der Waals surface area contributed by atoms with Gasteiger partial charge in [0.2, 0.25) is 0 Å². The molecule has 0 radical (unpaired) electrons. The number of hydrogen-bond donors (Lipinski definition) is 0. The van der Waals surface area contributed by atoms with E-state index >= 15 is 0 Å². The number of ether oxygens (including phenoxy) is 3. The second-order valence-electron chi connectivity index (χ2n) is 21.1. The molecule has 356 valence electrons. The molecule has 0 spiro atoms. The molecule has 0 aromatic rings. The Kier molecular flexibility index (Phi) is 40.9. The highest BCUT2D eigenvalue weighted by atomic mass is 79.9. The fourth-order valence-electron chi connectivity index (χ4n) is 10.4. The van der Waals surface area contributed by atoms with Crippen LogP contribution in [0.1, 0.15) is 263 Å². The molecule has 0 saturated carbocycles. The van der Waals surface area contributed by atoms with Crippen LogP contribution in [0.4, 0.5) is 0 Å². The van der Waals surface area contributed by atoms with Crippen molar-refractivity contribution in [3.8, 4) is 0 Å². The van der Waals surface area contributed by atoms with Crippen molar-refractivity contribution in [1.29, 1.82) is 0 Å². The van der Waals surface area contributed by atoms with Crippen LogP contribution >= 0.6 is 31.9 Å². The average Bonchev–Trinajstić information content (AvgIpc) is 3.12. The van der Waals surface area contributed by atoms with Gasteiger partial charge in [-0.25, -0.2) is 0 Å². The van der Waals surface area contributed by atoms with E-state index in [1.165, 1.54) is 141 Å². The van der Waals surface area contributed by atoms with E-state index in [2.05, 4.69) is 115 Å². The van der Waals surface area contributed by atoms with Gasteiger partial charge >= 0.3 is 0 Å². The van der Waals surface area contributed by atoms with Gasteiger partial charge in [-0.3, -0.25) is 0 Å². The molecule has 0 aliphatic carbocycles. The fourth-order valence-corrected chi connectivity index (χ4v) is 11.7. The molecule has 0 aliphatic rings. The molecule has 0 saturated heterocycles. The van der Waals surface area contributed by atoms with Crippen LogP contribution in [0.5, 0.6) is 0 Å². The first-order valence-electron chi connectivity index (χ1n) is 26.3. The zero-order chi connectivity index (χ0) is 44.3. The summed E-state index contributed by atoms with van der Waals surface area (Å²) in [5, 5.41) is 0. The summed E-state index contributed by atoms with van der Waals surface area (Å²) >= 11 is 7.53. The van der Waals surface area contributed by atoms with Crippen LogP contribution in [0.3, 0.4) is 0 Å². The van der Waals surface area contributed by atoms with E-state index in [0.717, 1.165) is 99.1 Å². The lowest BCUT2D eigenvalue weighted by Crippen LogP contribution is -2.28. The summed E-state index contributed by atoms with van der Waals surface area (Å²) < 4.78 is 20.1. The number of rotatable bonds is 44. The van der Waals surface area contributed by atoms with Crippen LogP contribution in [-0.2, 0) is 14.2 Å². The Labute approximate surface area is 389 Å². The van der Waals surface area contributed by atoms with Crippen LogP contribution in [0.15, 0.2) is 0 Å². The van der Waals surface area contributed by atoms with Gasteiger partial charge in [0.25, 0.3) is 0 Å². The molecular weight excluding hydrogens is 856 g/mol. The van der Waals surface area contributed by atoms with Crippen molar-refractivity contribution >= 4 is 31.9 Å². The Morgan fingerprint density at radius 3 is 0.881 bits per heavy atom. The minimum absolute atomic E-state index is 0.161. The molecule has 3 nitrogen and oxygen atoms in total. The third-order valence-electron chi connectivity index (χ3n) is 13.0. The third-order valence-corrected chi connectivity index (χ3v) is 13.7. The highest BCUT2D eigenvalue weighted by Crippen LogP contribution is 2.30. The topological polar surface area (TPSA) is 27.7 Å². The second kappa shape index (κ2) is 40.4. The third kappa shape index (κ3) is 40.1. The number of hydrogen-bond acceptors (Lipinski definition) is 3. The molecule has 0 amide bonds. The van der Waals surface area contributed by atoms with Crippen LogP contribution < -0.4 is 0 Å². The Bertz CT molecular complexity index is 801. The molecular formula is C54H108Br2O3. The van der Waals surface area contributed by atoms with Crippen molar-refractivity contribution in [2.45, 2.75) is 285 Å². The second-order valence-corrected chi connectivity index (χ2v) is 24.3. The van der Waals surface area contributed by atoms with Gasteiger partial charge in [0.05, 0.1) is 0 Å². The van der Waals surface area contributed by atoms with E-state index < -0.39 is 0 Å². The van der Waals surface area contributed by atoms with E-state index in [4.69, 9.17) is 14.2 Å². The molecule has 0 aromatic carbocycles. The van der Waals surface area contributed by atoms with Crippen LogP contribution in [0, 0.1) is 47.3 Å². The largest absolute Gasteiger partial charge is 0.353 e. The van der Waals surface area contributed by atoms with E-state index in [1.54, 1.807) is 0 Å². The molecule has 12 unspecified atom stereocenters. The summed E-state index contributed by atoms with van der Waals surface area (Å²) in [6, 6.07) is 0. The van der Waals surface area contributed by atoms with Crippen molar-refractivity contribution < 1.29 is 14.2 Å². The minimum atomic E-state index is -0.161. The van der Waals surface area contributed by atoms with E-state index in [9.17, 15) is 0 Å². The van der Waals surface area contributed by atoms with Crippen molar-refractivity contribution in [2.75, 3.05) is 13.2 Å². The maximum atomic E-state index is 6.88. The SMILES string of the molecule is CCCCCCCCCOC(CCCC(C)CC(C)CC(C)CC(C)CC(C)Br)OC(CCCC(C)CC(C)CC(C)CC(C)CC(C)Br)OCCCCCCCCC. The number of alkyl halides is 2. The molecule has 0 rings (SSSR count). The zero-order valence-corrected chi connectivity index (χ0v) is 45.3. The van der Waals surface area contributed by atoms with Gasteiger partial charge in [-0.15, -0.1) is 0 Å². The van der Waals surface area contributed by atoms with E-state index in [0.29, 0.717) is 9.65 Å². The molecule has 0 heterocycles. The summed E-state index contributed by atoms with van der Waals surface area (Å²) in [4.78, 5) is 1.24. The Morgan fingerprint density at radius 2 is 0.576 bits per heavy atom. The summed E-state index contributed by atoms with van der Waals surface area (Å²) in [5.41, 5.74) is 0. The Hall–Kier alpha value is 0.840. The lowest BCUT2D eigenvalue weighted by molar-refractivity contribution is -0.250. The minimum Gasteiger partial charge on any atom is -0.353 e. The average molecular weight is 965 g/mol. The zero-order valence-electron chi connectivity index (χ0n) is 42.1. The van der Waals surface area contributed by atoms with Gasteiger partial charge in [0, 0.05) is 22.9 Å². The van der Waals surface area contributed by atoms with Gasteiger partial charge in [-0.05, 0) is 137 Å². The first-order valence-corrected chi connectivity index (χ1v) is 28.1. The van der Waals surface area contributed by atoms with E-state index in [-0.39, 0.29) is 12.6 Å². The molecule has 0 fully saturated rings. The highest BCUT2D eigenvalue weighted by Gasteiger charge is 2.21. The quantitative estimate of drug-likeness (QED) is 0.0346. The summed E-state index contributed by atoms with van der Waals surface area (Å²) in [6.07, 6.45) is 35.3. The van der Waals surface area contributed by atoms with Crippen molar-refractivity contribution in [3.05, 3.63) is 0 Å². The molecule has 0 aliphatic heterocycles. The van der Waals surface area contributed by atoms with Crippen LogP contribution in [-0.4, -0.2) is 35.4 Å². The summed E-state index contributed by atoms with van der Waals surface area (Å²) in [6.45, 7) is 30.5. The molecule has 0 aromatic heterocycles.